The second-order valence-corrected chi connectivity index (χ2v) is 8.40. The van der Waals surface area contributed by atoms with Crippen molar-refractivity contribution >= 4 is 43.4 Å². The fourth-order valence-electron chi connectivity index (χ4n) is 3.75. The van der Waals surface area contributed by atoms with Gasteiger partial charge in [-0.15, -0.1) is 0 Å². The summed E-state index contributed by atoms with van der Waals surface area (Å²) in [4.78, 5) is 24.7. The quantitative estimate of drug-likeness (QED) is 0.328. The number of pyridine rings is 1. The predicted octanol–water partition coefficient (Wildman–Crippen LogP) is 5.71. The molecule has 5 aromatic rings. The third-order valence-corrected chi connectivity index (χ3v) is 6.51. The maximum Gasteiger partial charge on any atom is 0.260 e. The van der Waals surface area contributed by atoms with Gasteiger partial charge in [0.2, 0.25) is 0 Å². The van der Waals surface area contributed by atoms with E-state index in [4.69, 9.17) is 14.5 Å². The van der Waals surface area contributed by atoms with Crippen molar-refractivity contribution in [3.8, 4) is 11.5 Å². The molecule has 2 heterocycles. The van der Waals surface area contributed by atoms with Gasteiger partial charge in [-0.05, 0) is 47.2 Å². The first-order chi connectivity index (χ1) is 16.2. The number of hydrogen-bond acceptors (Lipinski definition) is 6. The van der Waals surface area contributed by atoms with Crippen LogP contribution in [0.3, 0.4) is 0 Å². The maximum absolute atomic E-state index is 13.8. The summed E-state index contributed by atoms with van der Waals surface area (Å²) in [5, 5.41) is 2.64. The SMILES string of the molecule is COc1ccc(OC)c2sc(N(Cc3ccccn3)C(=O)c3ccc4ccccc4c3)nc12. The van der Waals surface area contributed by atoms with Crippen molar-refractivity contribution in [3.05, 3.63) is 90.3 Å². The summed E-state index contributed by atoms with van der Waals surface area (Å²) in [5.41, 5.74) is 2.02. The third-order valence-electron chi connectivity index (χ3n) is 5.42. The van der Waals surface area contributed by atoms with Crippen molar-refractivity contribution in [1.29, 1.82) is 0 Å². The predicted molar refractivity (Wildman–Crippen MR) is 131 cm³/mol. The van der Waals surface area contributed by atoms with Crippen molar-refractivity contribution in [2.45, 2.75) is 6.54 Å². The first-order valence-corrected chi connectivity index (χ1v) is 11.2. The molecule has 0 bridgehead atoms. The van der Waals surface area contributed by atoms with Crippen LogP contribution in [0.15, 0.2) is 79.0 Å². The molecule has 0 spiro atoms. The van der Waals surface area contributed by atoms with Gasteiger partial charge >= 0.3 is 0 Å². The number of fused-ring (bicyclic) bond motifs is 2. The van der Waals surface area contributed by atoms with E-state index in [0.717, 1.165) is 21.2 Å². The summed E-state index contributed by atoms with van der Waals surface area (Å²) in [7, 11) is 3.22. The van der Waals surface area contributed by atoms with E-state index in [1.807, 2.05) is 72.8 Å². The van der Waals surface area contributed by atoms with Crippen molar-refractivity contribution < 1.29 is 14.3 Å². The number of thiazole rings is 1. The molecule has 2 aromatic heterocycles. The molecule has 0 saturated heterocycles. The van der Waals surface area contributed by atoms with E-state index < -0.39 is 0 Å². The first-order valence-electron chi connectivity index (χ1n) is 10.4. The van der Waals surface area contributed by atoms with Gasteiger partial charge in [-0.1, -0.05) is 47.7 Å². The number of aromatic nitrogens is 2. The Balaban J connectivity index is 1.63. The average molecular weight is 456 g/mol. The number of anilines is 1. The van der Waals surface area contributed by atoms with Crippen molar-refractivity contribution in [2.75, 3.05) is 19.1 Å². The molecule has 0 fully saturated rings. The fourth-order valence-corrected chi connectivity index (χ4v) is 4.82. The monoisotopic (exact) mass is 455 g/mol. The average Bonchev–Trinajstić information content (AvgIpc) is 3.32. The largest absolute Gasteiger partial charge is 0.495 e. The highest BCUT2D eigenvalue weighted by Gasteiger charge is 2.24. The molecule has 0 atom stereocenters. The molecule has 33 heavy (non-hydrogen) atoms. The summed E-state index contributed by atoms with van der Waals surface area (Å²) in [6.07, 6.45) is 1.72. The topological polar surface area (TPSA) is 64.6 Å². The highest BCUT2D eigenvalue weighted by Crippen LogP contribution is 2.40. The van der Waals surface area contributed by atoms with Crippen LogP contribution in [0, 0.1) is 0 Å². The standard InChI is InChI=1S/C26H21N3O3S/c1-31-21-12-13-22(32-2)24-23(21)28-26(33-24)29(16-20-9-5-6-14-27-20)25(30)19-11-10-17-7-3-4-8-18(17)15-19/h3-15H,16H2,1-2H3. The minimum absolute atomic E-state index is 0.150. The molecule has 6 nitrogen and oxygen atoms in total. The lowest BCUT2D eigenvalue weighted by Crippen LogP contribution is -2.30. The van der Waals surface area contributed by atoms with Gasteiger partial charge in [0.25, 0.3) is 5.91 Å². The number of amides is 1. The lowest BCUT2D eigenvalue weighted by atomic mass is 10.1. The van der Waals surface area contributed by atoms with Gasteiger partial charge in [0, 0.05) is 11.8 Å². The summed E-state index contributed by atoms with van der Waals surface area (Å²) in [6.45, 7) is 0.289. The molecule has 0 aliphatic heterocycles. The van der Waals surface area contributed by atoms with Gasteiger partial charge in [-0.25, -0.2) is 4.98 Å². The van der Waals surface area contributed by atoms with Crippen LogP contribution in [0.1, 0.15) is 16.1 Å². The zero-order chi connectivity index (χ0) is 22.8. The van der Waals surface area contributed by atoms with Crippen LogP contribution in [0.4, 0.5) is 5.13 Å². The van der Waals surface area contributed by atoms with E-state index in [0.29, 0.717) is 27.7 Å². The number of rotatable bonds is 6. The smallest absolute Gasteiger partial charge is 0.260 e. The van der Waals surface area contributed by atoms with Crippen LogP contribution in [-0.2, 0) is 6.54 Å². The number of ether oxygens (including phenoxy) is 2. The normalized spacial score (nSPS) is 11.0. The van der Waals surface area contributed by atoms with Gasteiger partial charge < -0.3 is 9.47 Å². The number of benzene rings is 3. The molecule has 1 amide bonds. The lowest BCUT2D eigenvalue weighted by molar-refractivity contribution is 0.0985. The summed E-state index contributed by atoms with van der Waals surface area (Å²) in [6, 6.07) is 23.0. The Morgan fingerprint density at radius 3 is 2.42 bits per heavy atom. The minimum Gasteiger partial charge on any atom is -0.495 e. The molecule has 5 rings (SSSR count). The number of carbonyl (C=O) groups is 1. The van der Waals surface area contributed by atoms with Crippen molar-refractivity contribution in [3.63, 3.8) is 0 Å². The second-order valence-electron chi connectivity index (χ2n) is 7.42. The van der Waals surface area contributed by atoms with Crippen LogP contribution < -0.4 is 14.4 Å². The Bertz CT molecular complexity index is 1410. The molecule has 0 radical (unpaired) electrons. The highest BCUT2D eigenvalue weighted by molar-refractivity contribution is 7.22. The summed E-state index contributed by atoms with van der Waals surface area (Å²) < 4.78 is 11.9. The zero-order valence-electron chi connectivity index (χ0n) is 18.2. The number of carbonyl (C=O) groups excluding carboxylic acids is 1. The maximum atomic E-state index is 13.8. The molecule has 0 saturated carbocycles. The molecule has 164 valence electrons. The van der Waals surface area contributed by atoms with E-state index in [1.54, 1.807) is 25.3 Å². The van der Waals surface area contributed by atoms with Crippen molar-refractivity contribution in [1.82, 2.24) is 9.97 Å². The van der Waals surface area contributed by atoms with Crippen molar-refractivity contribution in [2.24, 2.45) is 0 Å². The Labute approximate surface area is 195 Å². The molecule has 0 unspecified atom stereocenters. The summed E-state index contributed by atoms with van der Waals surface area (Å²) in [5.74, 6) is 1.16. The first kappa shape index (κ1) is 20.9. The highest BCUT2D eigenvalue weighted by atomic mass is 32.1. The Morgan fingerprint density at radius 1 is 0.909 bits per heavy atom. The fraction of sp³-hybridized carbons (Fsp3) is 0.115. The van der Waals surface area contributed by atoms with E-state index in [2.05, 4.69) is 4.98 Å². The van der Waals surface area contributed by atoms with Crippen LogP contribution in [-0.4, -0.2) is 30.1 Å². The van der Waals surface area contributed by atoms with E-state index in [9.17, 15) is 4.79 Å². The number of methoxy groups -OCH3 is 2. The Hall–Kier alpha value is -3.97. The second kappa shape index (κ2) is 8.88. The van der Waals surface area contributed by atoms with Gasteiger partial charge in [0.05, 0.1) is 26.5 Å². The van der Waals surface area contributed by atoms with Crippen LogP contribution in [0.2, 0.25) is 0 Å². The molecule has 0 aliphatic rings. The molecular formula is C26H21N3O3S. The van der Waals surface area contributed by atoms with Gasteiger partial charge in [0.15, 0.2) is 5.13 Å². The molecule has 7 heteroatoms. The van der Waals surface area contributed by atoms with E-state index >= 15 is 0 Å². The minimum atomic E-state index is -0.150. The van der Waals surface area contributed by atoms with Gasteiger partial charge in [-0.2, -0.15) is 0 Å². The summed E-state index contributed by atoms with van der Waals surface area (Å²) >= 11 is 1.39. The molecule has 0 aliphatic carbocycles. The van der Waals surface area contributed by atoms with Gasteiger partial charge in [0.1, 0.15) is 21.7 Å². The Kier molecular flexibility index (Phi) is 5.62. The molecule has 3 aromatic carbocycles. The van der Waals surface area contributed by atoms with Gasteiger partial charge in [-0.3, -0.25) is 14.7 Å². The Morgan fingerprint density at radius 2 is 1.67 bits per heavy atom. The van der Waals surface area contributed by atoms with Crippen LogP contribution >= 0.6 is 11.3 Å². The number of nitrogens with zero attached hydrogens (tertiary/aromatic N) is 3. The third kappa shape index (κ3) is 3.99. The number of hydrogen-bond donors (Lipinski definition) is 0. The lowest BCUT2D eigenvalue weighted by Gasteiger charge is -2.20. The van der Waals surface area contributed by atoms with Crippen LogP contribution in [0.25, 0.3) is 21.0 Å². The van der Waals surface area contributed by atoms with E-state index in [1.165, 1.54) is 11.3 Å². The molecule has 0 N–H and O–H groups in total. The van der Waals surface area contributed by atoms with Crippen LogP contribution in [0.5, 0.6) is 11.5 Å². The molecular weight excluding hydrogens is 434 g/mol. The van der Waals surface area contributed by atoms with E-state index in [-0.39, 0.29) is 12.5 Å². The zero-order valence-corrected chi connectivity index (χ0v) is 19.0.